The van der Waals surface area contributed by atoms with Crippen LogP contribution < -0.4 is 0 Å². The van der Waals surface area contributed by atoms with Crippen molar-refractivity contribution in [2.75, 3.05) is 0 Å². The van der Waals surface area contributed by atoms with Crippen molar-refractivity contribution < 1.29 is 5.11 Å². The molecule has 0 radical (unpaired) electrons. The smallest absolute Gasteiger partial charge is 0.0611 e. The zero-order valence-electron chi connectivity index (χ0n) is 12.5. The lowest BCUT2D eigenvalue weighted by molar-refractivity contribution is 0.0162. The highest BCUT2D eigenvalue weighted by atomic mass is 16.3. The van der Waals surface area contributed by atoms with Crippen LogP contribution in [0.4, 0.5) is 0 Å². The molecule has 4 unspecified atom stereocenters. The third-order valence-electron chi connectivity index (χ3n) is 4.86. The van der Waals surface area contributed by atoms with Crippen LogP contribution in [0.25, 0.3) is 0 Å². The first-order valence-electron chi connectivity index (χ1n) is 7.80. The van der Waals surface area contributed by atoms with Crippen molar-refractivity contribution >= 4 is 0 Å². The van der Waals surface area contributed by atoms with Crippen LogP contribution in [-0.2, 0) is 6.42 Å². The standard InChI is InChI=1S/C18H28O/c1-13(2)16-10-9-14(3)11-17(16)18(19)12-15-7-5-4-6-8-15/h4-8,13-14,16-19H,9-12H2,1-3H3. The molecule has 0 saturated heterocycles. The Morgan fingerprint density at radius 3 is 2.42 bits per heavy atom. The van der Waals surface area contributed by atoms with E-state index < -0.39 is 0 Å². The van der Waals surface area contributed by atoms with Crippen LogP contribution >= 0.6 is 0 Å². The van der Waals surface area contributed by atoms with E-state index in [1.54, 1.807) is 0 Å². The molecule has 0 bridgehead atoms. The molecule has 1 nitrogen and oxygen atoms in total. The van der Waals surface area contributed by atoms with Gasteiger partial charge in [0.2, 0.25) is 0 Å². The minimum atomic E-state index is -0.183. The molecule has 0 aliphatic heterocycles. The van der Waals surface area contributed by atoms with Gasteiger partial charge in [0.25, 0.3) is 0 Å². The molecular weight excluding hydrogens is 232 g/mol. The van der Waals surface area contributed by atoms with E-state index in [2.05, 4.69) is 45.0 Å². The first kappa shape index (κ1) is 14.6. The van der Waals surface area contributed by atoms with E-state index in [0.717, 1.165) is 12.3 Å². The summed E-state index contributed by atoms with van der Waals surface area (Å²) in [6.45, 7) is 6.95. The zero-order valence-corrected chi connectivity index (χ0v) is 12.5. The second-order valence-corrected chi connectivity index (χ2v) is 6.75. The van der Waals surface area contributed by atoms with Crippen molar-refractivity contribution in [3.8, 4) is 0 Å². The lowest BCUT2D eigenvalue weighted by atomic mass is 9.67. The maximum absolute atomic E-state index is 10.7. The van der Waals surface area contributed by atoms with Crippen molar-refractivity contribution in [2.45, 2.75) is 52.6 Å². The summed E-state index contributed by atoms with van der Waals surface area (Å²) in [6, 6.07) is 10.4. The van der Waals surface area contributed by atoms with Crippen molar-refractivity contribution in [3.05, 3.63) is 35.9 Å². The third-order valence-corrected chi connectivity index (χ3v) is 4.86. The Balaban J connectivity index is 2.04. The van der Waals surface area contributed by atoms with Gasteiger partial charge in [-0.2, -0.15) is 0 Å². The zero-order chi connectivity index (χ0) is 13.8. The normalized spacial score (nSPS) is 29.4. The lowest BCUT2D eigenvalue weighted by Gasteiger charge is -2.40. The van der Waals surface area contributed by atoms with Crippen molar-refractivity contribution in [3.63, 3.8) is 0 Å². The van der Waals surface area contributed by atoms with Gasteiger partial charge in [0, 0.05) is 0 Å². The topological polar surface area (TPSA) is 20.2 Å². The molecule has 1 aliphatic carbocycles. The Bertz CT molecular complexity index is 371. The van der Waals surface area contributed by atoms with E-state index >= 15 is 0 Å². The molecule has 1 fully saturated rings. The van der Waals surface area contributed by atoms with Gasteiger partial charge in [-0.25, -0.2) is 0 Å². The van der Waals surface area contributed by atoms with Crippen LogP contribution in [0.2, 0.25) is 0 Å². The van der Waals surface area contributed by atoms with Crippen LogP contribution in [0.3, 0.4) is 0 Å². The van der Waals surface area contributed by atoms with Crippen molar-refractivity contribution in [1.82, 2.24) is 0 Å². The van der Waals surface area contributed by atoms with Gasteiger partial charge in [-0.15, -0.1) is 0 Å². The van der Waals surface area contributed by atoms with E-state index in [0.29, 0.717) is 17.8 Å². The molecule has 1 aromatic rings. The van der Waals surface area contributed by atoms with E-state index in [1.165, 1.54) is 24.8 Å². The molecule has 4 atom stereocenters. The van der Waals surface area contributed by atoms with Crippen LogP contribution in [-0.4, -0.2) is 11.2 Å². The average Bonchev–Trinajstić information content (AvgIpc) is 2.39. The number of aliphatic hydroxyl groups excluding tert-OH is 1. The Hall–Kier alpha value is -0.820. The Morgan fingerprint density at radius 1 is 1.11 bits per heavy atom. The molecule has 2 rings (SSSR count). The molecule has 19 heavy (non-hydrogen) atoms. The average molecular weight is 260 g/mol. The fourth-order valence-corrected chi connectivity index (χ4v) is 3.73. The van der Waals surface area contributed by atoms with Crippen LogP contribution in [0, 0.1) is 23.7 Å². The Labute approximate surface area is 118 Å². The number of aliphatic hydroxyl groups is 1. The molecule has 0 aromatic heterocycles. The molecule has 1 saturated carbocycles. The highest BCUT2D eigenvalue weighted by Gasteiger charge is 2.34. The number of hydrogen-bond acceptors (Lipinski definition) is 1. The highest BCUT2D eigenvalue weighted by molar-refractivity contribution is 5.15. The molecule has 1 N–H and O–H groups in total. The summed E-state index contributed by atoms with van der Waals surface area (Å²) >= 11 is 0. The fraction of sp³-hybridized carbons (Fsp3) is 0.667. The molecule has 1 aromatic carbocycles. The maximum atomic E-state index is 10.7. The monoisotopic (exact) mass is 260 g/mol. The third kappa shape index (κ3) is 3.82. The summed E-state index contributed by atoms with van der Waals surface area (Å²) in [6.07, 6.45) is 4.43. The molecule has 0 spiro atoms. The Morgan fingerprint density at radius 2 is 1.79 bits per heavy atom. The van der Waals surface area contributed by atoms with Gasteiger partial charge in [0.05, 0.1) is 6.10 Å². The van der Waals surface area contributed by atoms with Crippen LogP contribution in [0.15, 0.2) is 30.3 Å². The summed E-state index contributed by atoms with van der Waals surface area (Å²) in [5.41, 5.74) is 1.26. The summed E-state index contributed by atoms with van der Waals surface area (Å²) in [7, 11) is 0. The molecular formula is C18H28O. The maximum Gasteiger partial charge on any atom is 0.0611 e. The first-order valence-corrected chi connectivity index (χ1v) is 7.80. The number of benzene rings is 1. The van der Waals surface area contributed by atoms with Gasteiger partial charge in [-0.1, -0.05) is 57.5 Å². The highest BCUT2D eigenvalue weighted by Crippen LogP contribution is 2.40. The number of rotatable bonds is 4. The van der Waals surface area contributed by atoms with Gasteiger partial charge in [-0.3, -0.25) is 0 Å². The van der Waals surface area contributed by atoms with Gasteiger partial charge in [-0.05, 0) is 48.5 Å². The van der Waals surface area contributed by atoms with Crippen molar-refractivity contribution in [1.29, 1.82) is 0 Å². The van der Waals surface area contributed by atoms with Crippen LogP contribution in [0.5, 0.6) is 0 Å². The van der Waals surface area contributed by atoms with E-state index in [1.807, 2.05) is 6.07 Å². The summed E-state index contributed by atoms with van der Waals surface area (Å²) in [5, 5.41) is 10.7. The molecule has 0 amide bonds. The second-order valence-electron chi connectivity index (χ2n) is 6.75. The Kier molecular flexibility index (Phi) is 5.04. The molecule has 106 valence electrons. The predicted octanol–water partition coefficient (Wildman–Crippen LogP) is 4.30. The van der Waals surface area contributed by atoms with Gasteiger partial charge in [0.15, 0.2) is 0 Å². The fourth-order valence-electron chi connectivity index (χ4n) is 3.73. The van der Waals surface area contributed by atoms with E-state index in [-0.39, 0.29) is 6.10 Å². The second kappa shape index (κ2) is 6.56. The van der Waals surface area contributed by atoms with Gasteiger partial charge < -0.3 is 5.11 Å². The first-order chi connectivity index (χ1) is 9.08. The van der Waals surface area contributed by atoms with Crippen LogP contribution in [0.1, 0.15) is 45.6 Å². The lowest BCUT2D eigenvalue weighted by Crippen LogP contribution is -2.37. The molecule has 1 heteroatoms. The minimum absolute atomic E-state index is 0.183. The summed E-state index contributed by atoms with van der Waals surface area (Å²) in [4.78, 5) is 0. The molecule has 0 heterocycles. The SMILES string of the molecule is CC1CCC(C(C)C)C(C(O)Cc2ccccc2)C1. The van der Waals surface area contributed by atoms with E-state index in [9.17, 15) is 5.11 Å². The summed E-state index contributed by atoms with van der Waals surface area (Å²) in [5.74, 6) is 2.62. The molecule has 1 aliphatic rings. The summed E-state index contributed by atoms with van der Waals surface area (Å²) < 4.78 is 0. The quantitative estimate of drug-likeness (QED) is 0.856. The van der Waals surface area contributed by atoms with E-state index in [4.69, 9.17) is 0 Å². The predicted molar refractivity (Wildman–Crippen MR) is 81.0 cm³/mol. The van der Waals surface area contributed by atoms with Gasteiger partial charge in [0.1, 0.15) is 0 Å². The largest absolute Gasteiger partial charge is 0.392 e. The number of hydrogen-bond donors (Lipinski definition) is 1. The van der Waals surface area contributed by atoms with Gasteiger partial charge >= 0.3 is 0 Å². The minimum Gasteiger partial charge on any atom is -0.392 e. The van der Waals surface area contributed by atoms with Crippen molar-refractivity contribution in [2.24, 2.45) is 23.7 Å².